The van der Waals surface area contributed by atoms with Gasteiger partial charge in [-0.1, -0.05) is 0 Å². The molecule has 8 heteroatoms. The molecule has 0 aliphatic heterocycles. The van der Waals surface area contributed by atoms with E-state index in [4.69, 9.17) is 0 Å². The van der Waals surface area contributed by atoms with Crippen molar-refractivity contribution < 1.29 is 21.9 Å². The fourth-order valence-corrected chi connectivity index (χ4v) is 0. The maximum atomic E-state index is 0. The Kier molecular flexibility index (Phi) is 525. The topological polar surface area (TPSA) is 126 Å². The molecule has 0 aliphatic rings. The van der Waals surface area contributed by atoms with E-state index in [1.54, 1.807) is 0 Å². The molecule has 0 aliphatic carbocycles. The Morgan fingerprint density at radius 2 is 0.625 bits per heavy atom. The van der Waals surface area contributed by atoms with Crippen LogP contribution < -0.4 is 0 Å². The zero-order chi connectivity index (χ0) is 0. The van der Waals surface area contributed by atoms with Crippen LogP contribution in [0.4, 0.5) is 0 Å². The summed E-state index contributed by atoms with van der Waals surface area (Å²) in [6.07, 6.45) is 0. The Bertz CT molecular complexity index is 16.0. The number of hydrogen-bond donors (Lipinski definition) is 0. The van der Waals surface area contributed by atoms with Crippen LogP contribution in [0.5, 0.6) is 0 Å². The third-order valence-electron chi connectivity index (χ3n) is 0. The monoisotopic (exact) mass is 278 g/mol. The summed E-state index contributed by atoms with van der Waals surface area (Å²) < 4.78 is 0. The Balaban J connectivity index is 0. The van der Waals surface area contributed by atoms with Crippen molar-refractivity contribution in [3.05, 3.63) is 0 Å². The molecule has 8 N–H and O–H groups in total. The first-order valence-corrected chi connectivity index (χ1v) is 0. The van der Waals surface area contributed by atoms with Gasteiger partial charge in [0.2, 0.25) is 0 Å². The van der Waals surface area contributed by atoms with E-state index in [2.05, 4.69) is 0 Å². The second-order valence-corrected chi connectivity index (χ2v) is 0. The van der Waals surface area contributed by atoms with Crippen LogP contribution in [0, 0.1) is 0 Å². The molecule has 0 fully saturated rings. The molecule has 0 radical (unpaired) electrons. The molecule has 0 atom stereocenters. The summed E-state index contributed by atoms with van der Waals surface area (Å²) in [5, 5.41) is 0. The predicted octanol–water partition coefficient (Wildman–Crippen LogP) is -5.89. The molecule has 0 aromatic carbocycles. The van der Waals surface area contributed by atoms with Gasteiger partial charge >= 0.3 is 169 Å². The van der Waals surface area contributed by atoms with E-state index in [9.17, 15) is 0 Å². The fraction of sp³-hybridized carbons (Fsp3) is 0. The van der Waals surface area contributed by atoms with Crippen LogP contribution in [0.25, 0.3) is 0 Å². The van der Waals surface area contributed by atoms with Gasteiger partial charge in [-0.2, -0.15) is 0 Å². The molecule has 0 amide bonds. The quantitative estimate of drug-likeness (QED) is 0.391. The molecule has 0 spiro atoms. The molecular weight excluding hydrogens is 266 g/mol. The molecule has 0 unspecified atom stereocenters. The average molecular weight is 278 g/mol. The van der Waals surface area contributed by atoms with Crippen LogP contribution in [-0.4, -0.2) is 191 Å². The van der Waals surface area contributed by atoms with Crippen LogP contribution in [0.3, 0.4) is 0 Å². The molecule has 40 valence electrons. The number of hydrogen-bond acceptors (Lipinski definition) is 0. The van der Waals surface area contributed by atoms with Crippen molar-refractivity contribution in [3.63, 3.8) is 0 Å². The molecule has 8 heavy (non-hydrogen) atoms. The first kappa shape index (κ1) is 73.5. The summed E-state index contributed by atoms with van der Waals surface area (Å²) >= 11 is 0. The molecule has 0 aromatic heterocycles. The summed E-state index contributed by atoms with van der Waals surface area (Å²) in [6.45, 7) is 0. The van der Waals surface area contributed by atoms with Gasteiger partial charge in [0, 0.05) is 0 Å². The molecule has 0 saturated heterocycles. The van der Waals surface area contributed by atoms with Crippen LogP contribution in [0.2, 0.25) is 0 Å². The summed E-state index contributed by atoms with van der Waals surface area (Å²) in [7, 11) is 0. The van der Waals surface area contributed by atoms with Gasteiger partial charge in [0.05, 0.1) is 0 Å². The van der Waals surface area contributed by atoms with Gasteiger partial charge in [-0.25, -0.2) is 0 Å². The van der Waals surface area contributed by atoms with E-state index in [1.165, 1.54) is 0 Å². The van der Waals surface area contributed by atoms with E-state index < -0.39 is 0 Å². The normalized spacial score (nSPS) is 0. The molecule has 0 heterocycles. The molecule has 0 saturated carbocycles. The van der Waals surface area contributed by atoms with Gasteiger partial charge in [0.15, 0.2) is 0 Å². The summed E-state index contributed by atoms with van der Waals surface area (Å²) in [5.41, 5.74) is 0. The van der Waals surface area contributed by atoms with Crippen LogP contribution in [0.1, 0.15) is 0 Å². The maximum absolute atomic E-state index is 0. The van der Waals surface area contributed by atoms with E-state index in [1.807, 2.05) is 0 Å². The fourth-order valence-electron chi connectivity index (χ4n) is 0. The third-order valence-corrected chi connectivity index (χ3v) is 0. The second kappa shape index (κ2) is 57.1. The SMILES string of the molecule is O.O.O.O.[CsH].[KH].[LiH].[NaH]. The van der Waals surface area contributed by atoms with E-state index in [0.717, 1.165) is 0 Å². The number of rotatable bonds is 0. The molecule has 0 rings (SSSR count). The van der Waals surface area contributed by atoms with Crippen molar-refractivity contribution in [2.75, 3.05) is 0 Å². The van der Waals surface area contributed by atoms with E-state index in [-0.39, 0.29) is 191 Å². The van der Waals surface area contributed by atoms with E-state index >= 15 is 0 Å². The third kappa shape index (κ3) is 43.4. The van der Waals surface area contributed by atoms with Crippen molar-refractivity contribution in [1.29, 1.82) is 0 Å². The first-order valence-electron chi connectivity index (χ1n) is 0. The summed E-state index contributed by atoms with van der Waals surface area (Å²) in [5.74, 6) is 0. The second-order valence-electron chi connectivity index (χ2n) is 0. The van der Waals surface area contributed by atoms with Gasteiger partial charge < -0.3 is 21.9 Å². The average Bonchev–Trinajstić information content (AvgIpc) is 0. The van der Waals surface area contributed by atoms with Crippen molar-refractivity contribution in [1.82, 2.24) is 0 Å². The standard InChI is InChI=1S/Cs.K.Li.Na.4H2O.4H/h;;;;4*1H2;;;;. The summed E-state index contributed by atoms with van der Waals surface area (Å²) in [4.78, 5) is 0. The van der Waals surface area contributed by atoms with Crippen LogP contribution in [-0.2, 0) is 0 Å². The van der Waals surface area contributed by atoms with Crippen LogP contribution in [0.15, 0.2) is 0 Å². The van der Waals surface area contributed by atoms with Gasteiger partial charge in [0.25, 0.3) is 0 Å². The Labute approximate surface area is 184 Å². The van der Waals surface area contributed by atoms with Gasteiger partial charge in [0.1, 0.15) is 0 Å². The first-order chi connectivity index (χ1) is 0. The van der Waals surface area contributed by atoms with Crippen molar-refractivity contribution in [2.45, 2.75) is 0 Å². The molecule has 4 nitrogen and oxygen atoms in total. The molecule has 0 bridgehead atoms. The Morgan fingerprint density at radius 1 is 0.625 bits per heavy atom. The predicted molar refractivity (Wildman–Crippen MR) is 43.1 cm³/mol. The molecular formula is H12CsKLiNaO4. The van der Waals surface area contributed by atoms with E-state index in [0.29, 0.717) is 0 Å². The van der Waals surface area contributed by atoms with Crippen molar-refractivity contribution >= 4 is 169 Å². The zero-order valence-electron chi connectivity index (χ0n) is 2.00. The van der Waals surface area contributed by atoms with Crippen LogP contribution >= 0.6 is 0 Å². The zero-order valence-corrected chi connectivity index (χ0v) is 2.00. The van der Waals surface area contributed by atoms with Gasteiger partial charge in [-0.3, -0.25) is 0 Å². The van der Waals surface area contributed by atoms with Gasteiger partial charge in [-0.15, -0.1) is 0 Å². The minimum absolute atomic E-state index is 0. The van der Waals surface area contributed by atoms with Gasteiger partial charge in [-0.05, 0) is 0 Å². The van der Waals surface area contributed by atoms with Crippen molar-refractivity contribution in [2.24, 2.45) is 0 Å². The molecule has 0 aromatic rings. The summed E-state index contributed by atoms with van der Waals surface area (Å²) in [6, 6.07) is 0. The van der Waals surface area contributed by atoms with Crippen molar-refractivity contribution in [3.8, 4) is 0 Å². The minimum atomic E-state index is 0. The Morgan fingerprint density at radius 3 is 0.625 bits per heavy atom. The Hall–Kier alpha value is 5.13.